The van der Waals surface area contributed by atoms with Gasteiger partial charge in [-0.15, -0.1) is 0 Å². The highest BCUT2D eigenvalue weighted by Crippen LogP contribution is 2.48. The summed E-state index contributed by atoms with van der Waals surface area (Å²) in [5, 5.41) is 8.65. The maximum atomic E-state index is 14.1. The first-order chi connectivity index (χ1) is 19.7. The summed E-state index contributed by atoms with van der Waals surface area (Å²) in [4.78, 5) is 38.2. The maximum Gasteiger partial charge on any atom is 0.331 e. The van der Waals surface area contributed by atoms with Gasteiger partial charge in [-0.2, -0.15) is 0 Å². The number of carbonyl (C=O) groups is 3. The van der Waals surface area contributed by atoms with E-state index < -0.39 is 38.7 Å². The Hall–Kier alpha value is -3.64. The molecular formula is C29H29Cl2N3O7S. The third-order valence-electron chi connectivity index (χ3n) is 6.92. The average molecular weight is 635 g/mol. The lowest BCUT2D eigenvalue weighted by Gasteiger charge is -2.28. The van der Waals surface area contributed by atoms with Crippen molar-refractivity contribution in [2.24, 2.45) is 0 Å². The van der Waals surface area contributed by atoms with E-state index in [1.807, 2.05) is 0 Å². The normalized spacial score (nSPS) is 16.4. The zero-order chi connectivity index (χ0) is 31.0. The smallest absolute Gasteiger partial charge is 0.331 e. The van der Waals surface area contributed by atoms with Crippen LogP contribution in [0.4, 0.5) is 5.69 Å². The molecule has 10 nitrogen and oxygen atoms in total. The van der Waals surface area contributed by atoms with Gasteiger partial charge in [-0.25, -0.2) is 13.2 Å². The zero-order valence-corrected chi connectivity index (χ0v) is 25.8. The van der Waals surface area contributed by atoms with Crippen LogP contribution in [0.3, 0.4) is 0 Å². The molecule has 222 valence electrons. The van der Waals surface area contributed by atoms with Crippen LogP contribution in [0, 0.1) is 0 Å². The number of esters is 1. The van der Waals surface area contributed by atoms with E-state index in [-0.39, 0.29) is 44.0 Å². The number of anilines is 1. The summed E-state index contributed by atoms with van der Waals surface area (Å²) in [6.45, 7) is 4.76. The van der Waals surface area contributed by atoms with Crippen molar-refractivity contribution >= 4 is 56.5 Å². The molecule has 0 fully saturated rings. The Balaban J connectivity index is 1.82. The van der Waals surface area contributed by atoms with Crippen molar-refractivity contribution in [1.29, 1.82) is 0 Å². The van der Waals surface area contributed by atoms with Crippen molar-refractivity contribution in [3.63, 3.8) is 0 Å². The van der Waals surface area contributed by atoms with E-state index in [1.165, 1.54) is 51.3 Å². The van der Waals surface area contributed by atoms with E-state index in [1.54, 1.807) is 38.2 Å². The van der Waals surface area contributed by atoms with Crippen LogP contribution >= 0.6 is 23.2 Å². The Kier molecular flexibility index (Phi) is 8.62. The predicted octanol–water partition coefficient (Wildman–Crippen LogP) is 4.32. The second-order valence-electron chi connectivity index (χ2n) is 9.93. The van der Waals surface area contributed by atoms with Gasteiger partial charge in [0.2, 0.25) is 9.84 Å². The van der Waals surface area contributed by atoms with E-state index in [9.17, 15) is 22.8 Å². The van der Waals surface area contributed by atoms with Gasteiger partial charge in [0.25, 0.3) is 11.8 Å². The molecule has 1 heterocycles. The number of hydrogen-bond donors (Lipinski definition) is 3. The molecule has 2 amide bonds. The molecule has 3 N–H and O–H groups in total. The van der Waals surface area contributed by atoms with Crippen molar-refractivity contribution < 1.29 is 32.3 Å². The third-order valence-corrected chi connectivity index (χ3v) is 9.28. The fourth-order valence-electron chi connectivity index (χ4n) is 4.83. The minimum Gasteiger partial charge on any atom is -0.495 e. The fraction of sp³-hybridized carbons (Fsp3) is 0.276. The molecule has 0 saturated heterocycles. The first-order valence-corrected chi connectivity index (χ1v) is 15.0. The molecule has 0 aromatic heterocycles. The van der Waals surface area contributed by atoms with E-state index in [4.69, 9.17) is 32.7 Å². The molecule has 0 aliphatic carbocycles. The molecule has 1 atom stereocenters. The molecule has 1 unspecified atom stereocenters. The summed E-state index contributed by atoms with van der Waals surface area (Å²) in [6.07, 6.45) is 0. The SMILES string of the molecule is CCOC(=O)C(C)(C)NC(=O)c1ccc(S(=O)(=O)c2cc(Cl)cc3c2NC(=O)C3(NC)c2ccccc2Cl)c(OC)c1. The number of fused-ring (bicyclic) bond motifs is 1. The monoisotopic (exact) mass is 633 g/mol. The van der Waals surface area contributed by atoms with Crippen molar-refractivity contribution in [2.45, 2.75) is 41.6 Å². The Morgan fingerprint density at radius 3 is 2.33 bits per heavy atom. The highest BCUT2D eigenvalue weighted by Gasteiger charge is 2.50. The zero-order valence-electron chi connectivity index (χ0n) is 23.4. The number of rotatable bonds is 9. The van der Waals surface area contributed by atoms with Gasteiger partial charge >= 0.3 is 5.97 Å². The number of likely N-dealkylation sites (N-methyl/N-ethyl adjacent to an activating group) is 1. The molecule has 42 heavy (non-hydrogen) atoms. The van der Waals surface area contributed by atoms with Gasteiger partial charge < -0.3 is 20.1 Å². The van der Waals surface area contributed by atoms with Crippen LogP contribution in [0.25, 0.3) is 0 Å². The summed E-state index contributed by atoms with van der Waals surface area (Å²) in [6, 6.07) is 13.2. The molecule has 0 saturated carbocycles. The van der Waals surface area contributed by atoms with Gasteiger partial charge in [-0.3, -0.25) is 14.9 Å². The topological polar surface area (TPSA) is 140 Å². The fourth-order valence-corrected chi connectivity index (χ4v) is 6.99. The Bertz CT molecular complexity index is 1710. The molecule has 4 rings (SSSR count). The maximum absolute atomic E-state index is 14.1. The summed E-state index contributed by atoms with van der Waals surface area (Å²) < 4.78 is 38.6. The molecule has 0 radical (unpaired) electrons. The number of sulfone groups is 1. The van der Waals surface area contributed by atoms with E-state index in [2.05, 4.69) is 16.0 Å². The van der Waals surface area contributed by atoms with E-state index in [0.29, 0.717) is 10.6 Å². The van der Waals surface area contributed by atoms with Crippen LogP contribution in [-0.4, -0.2) is 52.5 Å². The number of nitrogens with one attached hydrogen (secondary N) is 3. The molecule has 0 bridgehead atoms. The van der Waals surface area contributed by atoms with Crippen LogP contribution in [0.5, 0.6) is 5.75 Å². The van der Waals surface area contributed by atoms with Gasteiger partial charge in [-0.05, 0) is 64.2 Å². The largest absolute Gasteiger partial charge is 0.495 e. The average Bonchev–Trinajstić information content (AvgIpc) is 3.23. The van der Waals surface area contributed by atoms with Gasteiger partial charge in [0.15, 0.2) is 5.54 Å². The molecule has 3 aromatic rings. The van der Waals surface area contributed by atoms with Crippen LogP contribution in [0.15, 0.2) is 64.4 Å². The van der Waals surface area contributed by atoms with Crippen molar-refractivity contribution in [3.8, 4) is 5.75 Å². The van der Waals surface area contributed by atoms with Crippen LogP contribution in [0.1, 0.15) is 42.3 Å². The first kappa shape index (κ1) is 31.3. The molecule has 3 aromatic carbocycles. The standard InChI is InChI=1S/C29H29Cl2N3O7S/c1-6-41-27(37)28(2,3)34-25(35)16-11-12-22(21(13-16)40-5)42(38,39)23-15-17(30)14-19-24(23)33-26(36)29(19,32-4)18-9-7-8-10-20(18)31/h7-15,32H,6H2,1-5H3,(H,33,36)(H,34,35). The molecule has 13 heteroatoms. The molecular weight excluding hydrogens is 605 g/mol. The number of benzene rings is 3. The van der Waals surface area contributed by atoms with Crippen LogP contribution in [0.2, 0.25) is 10.0 Å². The second kappa shape index (κ2) is 11.6. The lowest BCUT2D eigenvalue weighted by atomic mass is 9.84. The lowest BCUT2D eigenvalue weighted by Crippen LogP contribution is -2.50. The van der Waals surface area contributed by atoms with Crippen molar-refractivity contribution in [2.75, 3.05) is 26.1 Å². The number of methoxy groups -OCH3 is 1. The Labute approximate surface area is 253 Å². The van der Waals surface area contributed by atoms with Crippen molar-refractivity contribution in [1.82, 2.24) is 10.6 Å². The highest BCUT2D eigenvalue weighted by molar-refractivity contribution is 7.91. The number of hydrogen-bond acceptors (Lipinski definition) is 8. The van der Waals surface area contributed by atoms with E-state index >= 15 is 0 Å². The van der Waals surface area contributed by atoms with Gasteiger partial charge in [0.1, 0.15) is 16.2 Å². The first-order valence-electron chi connectivity index (χ1n) is 12.8. The van der Waals surface area contributed by atoms with Gasteiger partial charge in [0.05, 0.1) is 24.3 Å². The lowest BCUT2D eigenvalue weighted by molar-refractivity contribution is -0.149. The predicted molar refractivity (Wildman–Crippen MR) is 158 cm³/mol. The van der Waals surface area contributed by atoms with Crippen LogP contribution in [-0.2, 0) is 29.7 Å². The highest BCUT2D eigenvalue weighted by atomic mass is 35.5. The van der Waals surface area contributed by atoms with Gasteiger partial charge in [-0.1, -0.05) is 41.4 Å². The van der Waals surface area contributed by atoms with Gasteiger partial charge in [0, 0.05) is 26.7 Å². The number of carbonyl (C=O) groups excluding carboxylic acids is 3. The summed E-state index contributed by atoms with van der Waals surface area (Å²) >= 11 is 12.9. The number of amides is 2. The van der Waals surface area contributed by atoms with Crippen LogP contribution < -0.4 is 20.7 Å². The third kappa shape index (κ3) is 5.22. The number of ether oxygens (including phenoxy) is 2. The number of halogens is 2. The summed E-state index contributed by atoms with van der Waals surface area (Å²) in [5.74, 6) is -1.96. The minimum atomic E-state index is -4.39. The molecule has 1 aliphatic heterocycles. The molecule has 1 aliphatic rings. The Morgan fingerprint density at radius 2 is 1.71 bits per heavy atom. The van der Waals surface area contributed by atoms with E-state index in [0.717, 1.165) is 0 Å². The second-order valence-corrected chi connectivity index (χ2v) is 12.7. The quantitative estimate of drug-likeness (QED) is 0.296. The Morgan fingerprint density at radius 1 is 1.02 bits per heavy atom. The summed E-state index contributed by atoms with van der Waals surface area (Å²) in [5.41, 5.74) is -2.12. The minimum absolute atomic E-state index is 0.0266. The summed E-state index contributed by atoms with van der Waals surface area (Å²) in [7, 11) is -1.58. The molecule has 0 spiro atoms. The van der Waals surface area contributed by atoms with Crippen molar-refractivity contribution in [3.05, 3.63) is 81.3 Å².